The summed E-state index contributed by atoms with van der Waals surface area (Å²) >= 11 is 0. The molecule has 2 aromatic rings. The summed E-state index contributed by atoms with van der Waals surface area (Å²) in [6.07, 6.45) is 5.07. The van der Waals surface area contributed by atoms with Crippen LogP contribution in [0.1, 0.15) is 80.8 Å². The molecule has 0 saturated carbocycles. The van der Waals surface area contributed by atoms with Crippen molar-refractivity contribution in [1.82, 2.24) is 0 Å². The molecule has 0 aromatic heterocycles. The number of hydrogen-bond acceptors (Lipinski definition) is 3. The van der Waals surface area contributed by atoms with Crippen LogP contribution in [0.5, 0.6) is 0 Å². The second kappa shape index (κ2) is 10.8. The van der Waals surface area contributed by atoms with Crippen LogP contribution >= 0.6 is 0 Å². The molecule has 3 unspecified atom stereocenters. The molecule has 3 atom stereocenters. The quantitative estimate of drug-likeness (QED) is 0.388. The summed E-state index contributed by atoms with van der Waals surface area (Å²) in [6.45, 7) is 7.74. The minimum Gasteiger partial charge on any atom is -0.300 e. The first-order chi connectivity index (χ1) is 15.3. The van der Waals surface area contributed by atoms with E-state index in [-0.39, 0.29) is 41.5 Å². The Balaban J connectivity index is 1.82. The molecule has 0 heterocycles. The normalized spacial score (nSPS) is 17.5. The van der Waals surface area contributed by atoms with E-state index in [1.165, 1.54) is 6.92 Å². The van der Waals surface area contributed by atoms with Crippen LogP contribution in [0.25, 0.3) is 11.1 Å². The van der Waals surface area contributed by atoms with Gasteiger partial charge in [0.25, 0.3) is 0 Å². The first kappa shape index (κ1) is 24.1. The first-order valence-electron chi connectivity index (χ1n) is 12.1. The topological polar surface area (TPSA) is 51.2 Å². The molecule has 0 N–H and O–H groups in total. The van der Waals surface area contributed by atoms with Crippen LogP contribution in [-0.2, 0) is 16.0 Å². The molecule has 0 aliphatic heterocycles. The van der Waals surface area contributed by atoms with E-state index in [0.29, 0.717) is 6.42 Å². The number of ketones is 3. The van der Waals surface area contributed by atoms with E-state index >= 15 is 0 Å². The van der Waals surface area contributed by atoms with Crippen molar-refractivity contribution in [2.75, 3.05) is 0 Å². The third-order valence-corrected chi connectivity index (χ3v) is 7.04. The Morgan fingerprint density at radius 2 is 1.75 bits per heavy atom. The average Bonchev–Trinajstić information content (AvgIpc) is 2.74. The zero-order valence-corrected chi connectivity index (χ0v) is 19.9. The molecular weight excluding hydrogens is 396 g/mol. The Morgan fingerprint density at radius 1 is 1.03 bits per heavy atom. The van der Waals surface area contributed by atoms with Crippen molar-refractivity contribution >= 4 is 17.3 Å². The number of benzene rings is 2. The van der Waals surface area contributed by atoms with Crippen molar-refractivity contribution < 1.29 is 14.4 Å². The maximum absolute atomic E-state index is 13.2. The second-order valence-electron chi connectivity index (χ2n) is 9.48. The Labute approximate surface area is 192 Å². The van der Waals surface area contributed by atoms with Crippen molar-refractivity contribution in [3.63, 3.8) is 0 Å². The van der Waals surface area contributed by atoms with Gasteiger partial charge in [-0.05, 0) is 67.2 Å². The lowest BCUT2D eigenvalue weighted by molar-refractivity contribution is -0.129. The minimum absolute atomic E-state index is 0.0343. The monoisotopic (exact) mass is 432 g/mol. The number of hydrogen-bond donors (Lipinski definition) is 0. The van der Waals surface area contributed by atoms with E-state index in [2.05, 4.69) is 38.1 Å². The van der Waals surface area contributed by atoms with Gasteiger partial charge in [0.1, 0.15) is 11.6 Å². The largest absolute Gasteiger partial charge is 0.300 e. The summed E-state index contributed by atoms with van der Waals surface area (Å²) < 4.78 is 0. The maximum atomic E-state index is 13.2. The summed E-state index contributed by atoms with van der Waals surface area (Å²) in [5, 5.41) is 0. The van der Waals surface area contributed by atoms with Crippen LogP contribution in [-0.4, -0.2) is 17.3 Å². The van der Waals surface area contributed by atoms with Gasteiger partial charge in [-0.1, -0.05) is 69.2 Å². The first-order valence-corrected chi connectivity index (χ1v) is 12.1. The molecule has 0 saturated heterocycles. The summed E-state index contributed by atoms with van der Waals surface area (Å²) in [7, 11) is 0. The fourth-order valence-electron chi connectivity index (χ4n) is 5.65. The zero-order valence-electron chi connectivity index (χ0n) is 19.9. The van der Waals surface area contributed by atoms with E-state index in [9.17, 15) is 14.4 Å². The highest BCUT2D eigenvalue weighted by Crippen LogP contribution is 2.38. The Bertz CT molecular complexity index is 973. The fourth-order valence-corrected chi connectivity index (χ4v) is 5.65. The highest BCUT2D eigenvalue weighted by Gasteiger charge is 2.33. The molecule has 32 heavy (non-hydrogen) atoms. The molecule has 0 spiro atoms. The highest BCUT2D eigenvalue weighted by atomic mass is 16.1. The lowest BCUT2D eigenvalue weighted by Crippen LogP contribution is -2.29. The highest BCUT2D eigenvalue weighted by molar-refractivity contribution is 6.02. The fraction of sp³-hybridized carbons (Fsp3) is 0.483. The summed E-state index contributed by atoms with van der Waals surface area (Å²) in [5.41, 5.74) is 5.38. The Kier molecular flexibility index (Phi) is 8.17. The van der Waals surface area contributed by atoms with Crippen LogP contribution < -0.4 is 0 Å². The smallest absolute Gasteiger partial charge is 0.163 e. The molecule has 2 aromatic carbocycles. The van der Waals surface area contributed by atoms with Gasteiger partial charge < -0.3 is 0 Å². The minimum atomic E-state index is -0.0856. The summed E-state index contributed by atoms with van der Waals surface area (Å²) in [4.78, 5) is 37.5. The van der Waals surface area contributed by atoms with Crippen molar-refractivity contribution in [3.05, 3.63) is 59.2 Å². The second-order valence-corrected chi connectivity index (χ2v) is 9.48. The molecule has 3 rings (SSSR count). The molecule has 1 aliphatic rings. The third-order valence-electron chi connectivity index (χ3n) is 7.04. The number of carbonyl (C=O) groups is 3. The zero-order chi connectivity index (χ0) is 23.3. The van der Waals surface area contributed by atoms with E-state index in [1.54, 1.807) is 0 Å². The summed E-state index contributed by atoms with van der Waals surface area (Å²) in [5.74, 6) is 0.649. The van der Waals surface area contributed by atoms with Crippen molar-refractivity contribution in [1.29, 1.82) is 0 Å². The SMILES string of the molecule is CCCC(CC1CC(=O)c2c(ccc(-c3ccccc3)c2C)C1)C(CC)C(=O)CC(C)=O. The van der Waals surface area contributed by atoms with Gasteiger partial charge in [0.15, 0.2) is 5.78 Å². The van der Waals surface area contributed by atoms with Gasteiger partial charge in [-0.15, -0.1) is 0 Å². The third kappa shape index (κ3) is 5.43. The number of carbonyl (C=O) groups excluding carboxylic acids is 3. The standard InChI is InChI=1S/C29H36O3/c1-5-10-23(25(6-2)27(31)15-19(3)30)16-21-17-24-13-14-26(22-11-8-7-9-12-22)20(4)29(24)28(32)18-21/h7-9,11-14,21,23,25H,5-6,10,15-18H2,1-4H3. The summed E-state index contributed by atoms with van der Waals surface area (Å²) in [6, 6.07) is 14.5. The van der Waals surface area contributed by atoms with Crippen molar-refractivity contribution in [3.8, 4) is 11.1 Å². The van der Waals surface area contributed by atoms with Crippen LogP contribution in [0.4, 0.5) is 0 Å². The lowest BCUT2D eigenvalue weighted by atomic mass is 9.71. The van der Waals surface area contributed by atoms with Gasteiger partial charge in [0, 0.05) is 17.9 Å². The molecule has 3 nitrogen and oxygen atoms in total. The van der Waals surface area contributed by atoms with Gasteiger partial charge >= 0.3 is 0 Å². The van der Waals surface area contributed by atoms with Gasteiger partial charge in [-0.25, -0.2) is 0 Å². The molecule has 0 fully saturated rings. The van der Waals surface area contributed by atoms with Crippen LogP contribution in [0.3, 0.4) is 0 Å². The van der Waals surface area contributed by atoms with Crippen LogP contribution in [0.2, 0.25) is 0 Å². The molecule has 170 valence electrons. The van der Waals surface area contributed by atoms with Crippen LogP contribution in [0.15, 0.2) is 42.5 Å². The van der Waals surface area contributed by atoms with E-state index in [4.69, 9.17) is 0 Å². The van der Waals surface area contributed by atoms with Crippen LogP contribution in [0, 0.1) is 24.7 Å². The van der Waals surface area contributed by atoms with Crippen molar-refractivity contribution in [2.45, 2.75) is 72.6 Å². The molecule has 0 bridgehead atoms. The van der Waals surface area contributed by atoms with Gasteiger partial charge in [-0.2, -0.15) is 0 Å². The number of fused-ring (bicyclic) bond motifs is 1. The Morgan fingerprint density at radius 3 is 2.38 bits per heavy atom. The predicted molar refractivity (Wildman–Crippen MR) is 130 cm³/mol. The van der Waals surface area contributed by atoms with Gasteiger partial charge in [0.05, 0.1) is 6.42 Å². The van der Waals surface area contributed by atoms with E-state index < -0.39 is 0 Å². The average molecular weight is 433 g/mol. The molecule has 0 radical (unpaired) electrons. The van der Waals surface area contributed by atoms with Gasteiger partial charge in [0.2, 0.25) is 0 Å². The number of rotatable bonds is 10. The predicted octanol–water partition coefficient (Wildman–Crippen LogP) is 6.79. The lowest BCUT2D eigenvalue weighted by Gasteiger charge is -2.32. The number of Topliss-reactive ketones (excluding diaryl/α,β-unsaturated/α-hetero) is 3. The molecular formula is C29H36O3. The maximum Gasteiger partial charge on any atom is 0.163 e. The van der Waals surface area contributed by atoms with E-state index in [0.717, 1.165) is 59.9 Å². The van der Waals surface area contributed by atoms with Gasteiger partial charge in [-0.3, -0.25) is 14.4 Å². The van der Waals surface area contributed by atoms with Crippen molar-refractivity contribution in [2.24, 2.45) is 17.8 Å². The Hall–Kier alpha value is -2.55. The molecule has 3 heteroatoms. The molecule has 0 amide bonds. The molecule has 1 aliphatic carbocycles. The van der Waals surface area contributed by atoms with E-state index in [1.807, 2.05) is 25.1 Å².